The van der Waals surface area contributed by atoms with E-state index in [0.29, 0.717) is 29.3 Å². The van der Waals surface area contributed by atoms with Crippen LogP contribution in [0.25, 0.3) is 0 Å². The van der Waals surface area contributed by atoms with E-state index in [9.17, 15) is 14.0 Å². The zero-order valence-corrected chi connectivity index (χ0v) is 18.6. The van der Waals surface area contributed by atoms with Crippen molar-refractivity contribution in [1.82, 2.24) is 5.32 Å². The molecule has 164 valence electrons. The Balaban J connectivity index is 1.50. The molecular formula is C23H25ClFN3O2S. The van der Waals surface area contributed by atoms with Crippen LogP contribution >= 0.6 is 23.8 Å². The predicted octanol–water partition coefficient (Wildman–Crippen LogP) is 5.90. The van der Waals surface area contributed by atoms with Gasteiger partial charge < -0.3 is 16.0 Å². The maximum Gasteiger partial charge on any atom is 0.255 e. The molecule has 0 saturated heterocycles. The molecule has 1 aliphatic carbocycles. The Labute approximate surface area is 191 Å². The SMILES string of the molecule is O=C(CCC1CCCCC1)NC(=S)Nc1cccc(C(=O)Nc2ccc(F)c(Cl)c2)c1. The number of carbonyl (C=O) groups is 2. The maximum absolute atomic E-state index is 13.3. The number of benzene rings is 2. The summed E-state index contributed by atoms with van der Waals surface area (Å²) < 4.78 is 13.3. The first kappa shape index (κ1) is 23.2. The highest BCUT2D eigenvalue weighted by atomic mass is 35.5. The van der Waals surface area contributed by atoms with Crippen LogP contribution in [0.4, 0.5) is 15.8 Å². The third-order valence-electron chi connectivity index (χ3n) is 5.32. The van der Waals surface area contributed by atoms with Gasteiger partial charge in [-0.15, -0.1) is 0 Å². The molecule has 8 heteroatoms. The first-order valence-corrected chi connectivity index (χ1v) is 11.2. The molecular weight excluding hydrogens is 437 g/mol. The van der Waals surface area contributed by atoms with Gasteiger partial charge in [0.25, 0.3) is 5.91 Å². The molecule has 5 nitrogen and oxygen atoms in total. The largest absolute Gasteiger partial charge is 0.332 e. The van der Waals surface area contributed by atoms with Gasteiger partial charge in [-0.05, 0) is 61.0 Å². The van der Waals surface area contributed by atoms with Gasteiger partial charge in [0.2, 0.25) is 5.91 Å². The number of halogens is 2. The van der Waals surface area contributed by atoms with E-state index < -0.39 is 5.82 Å². The van der Waals surface area contributed by atoms with Gasteiger partial charge in [-0.1, -0.05) is 49.8 Å². The quantitative estimate of drug-likeness (QED) is 0.468. The van der Waals surface area contributed by atoms with Gasteiger partial charge in [-0.25, -0.2) is 4.39 Å². The lowest BCUT2D eigenvalue weighted by Crippen LogP contribution is -2.34. The number of anilines is 2. The molecule has 0 radical (unpaired) electrons. The molecule has 1 saturated carbocycles. The summed E-state index contributed by atoms with van der Waals surface area (Å²) in [4.78, 5) is 24.7. The molecule has 0 atom stereocenters. The molecule has 0 aliphatic heterocycles. The molecule has 2 aromatic carbocycles. The molecule has 31 heavy (non-hydrogen) atoms. The lowest BCUT2D eigenvalue weighted by Gasteiger charge is -2.21. The number of carbonyl (C=O) groups excluding carboxylic acids is 2. The van der Waals surface area contributed by atoms with E-state index in [0.717, 1.165) is 6.42 Å². The Morgan fingerprint density at radius 1 is 1.03 bits per heavy atom. The first-order valence-electron chi connectivity index (χ1n) is 10.4. The molecule has 0 bridgehead atoms. The summed E-state index contributed by atoms with van der Waals surface area (Å²) in [5, 5.41) is 8.42. The summed E-state index contributed by atoms with van der Waals surface area (Å²) >= 11 is 11.0. The summed E-state index contributed by atoms with van der Waals surface area (Å²) in [6.07, 6.45) is 7.55. The summed E-state index contributed by atoms with van der Waals surface area (Å²) in [6.45, 7) is 0. The van der Waals surface area contributed by atoms with Crippen molar-refractivity contribution in [2.75, 3.05) is 10.6 Å². The van der Waals surface area contributed by atoms with Crippen molar-refractivity contribution in [2.45, 2.75) is 44.9 Å². The number of rotatable bonds is 6. The zero-order chi connectivity index (χ0) is 22.2. The Hall–Kier alpha value is -2.51. The fourth-order valence-electron chi connectivity index (χ4n) is 3.68. The summed E-state index contributed by atoms with van der Waals surface area (Å²) in [7, 11) is 0. The zero-order valence-electron chi connectivity index (χ0n) is 17.0. The van der Waals surface area contributed by atoms with Crippen LogP contribution in [-0.4, -0.2) is 16.9 Å². The van der Waals surface area contributed by atoms with Crippen molar-refractivity contribution in [3.63, 3.8) is 0 Å². The van der Waals surface area contributed by atoms with Gasteiger partial charge in [0.1, 0.15) is 5.82 Å². The number of thiocarbonyl (C=S) groups is 1. The summed E-state index contributed by atoms with van der Waals surface area (Å²) in [5.74, 6) is -0.411. The monoisotopic (exact) mass is 461 g/mol. The highest BCUT2D eigenvalue weighted by molar-refractivity contribution is 7.80. The van der Waals surface area contributed by atoms with Gasteiger partial charge in [-0.3, -0.25) is 9.59 Å². The van der Waals surface area contributed by atoms with Gasteiger partial charge in [-0.2, -0.15) is 0 Å². The van der Waals surface area contributed by atoms with Gasteiger partial charge >= 0.3 is 0 Å². The van der Waals surface area contributed by atoms with Crippen molar-refractivity contribution in [3.8, 4) is 0 Å². The lowest BCUT2D eigenvalue weighted by molar-refractivity contribution is -0.120. The van der Waals surface area contributed by atoms with Crippen LogP contribution in [0.3, 0.4) is 0 Å². The third-order valence-corrected chi connectivity index (χ3v) is 5.81. The first-order chi connectivity index (χ1) is 14.9. The van der Waals surface area contributed by atoms with Crippen LogP contribution in [-0.2, 0) is 4.79 Å². The fourth-order valence-corrected chi connectivity index (χ4v) is 4.09. The molecule has 2 amide bonds. The van der Waals surface area contributed by atoms with E-state index in [-0.39, 0.29) is 21.9 Å². The number of hydrogen-bond donors (Lipinski definition) is 3. The predicted molar refractivity (Wildman–Crippen MR) is 126 cm³/mol. The molecule has 0 spiro atoms. The highest BCUT2D eigenvalue weighted by Gasteiger charge is 2.15. The van der Waals surface area contributed by atoms with Crippen LogP contribution in [0.5, 0.6) is 0 Å². The maximum atomic E-state index is 13.3. The molecule has 1 aliphatic rings. The van der Waals surface area contributed by atoms with Crippen LogP contribution in [0.1, 0.15) is 55.3 Å². The van der Waals surface area contributed by atoms with Crippen molar-refractivity contribution in [3.05, 3.63) is 58.9 Å². The minimum atomic E-state index is -0.555. The van der Waals surface area contributed by atoms with E-state index >= 15 is 0 Å². The molecule has 0 aromatic heterocycles. The van der Waals surface area contributed by atoms with Crippen molar-refractivity contribution in [1.29, 1.82) is 0 Å². The molecule has 2 aromatic rings. The molecule has 0 unspecified atom stereocenters. The van der Waals surface area contributed by atoms with Crippen molar-refractivity contribution < 1.29 is 14.0 Å². The van der Waals surface area contributed by atoms with E-state index in [1.165, 1.54) is 50.3 Å². The summed E-state index contributed by atoms with van der Waals surface area (Å²) in [6, 6.07) is 10.6. The minimum Gasteiger partial charge on any atom is -0.332 e. The van der Waals surface area contributed by atoms with Crippen molar-refractivity contribution >= 4 is 52.1 Å². The minimum absolute atomic E-state index is 0.0715. The van der Waals surface area contributed by atoms with Crippen molar-refractivity contribution in [2.24, 2.45) is 5.92 Å². The summed E-state index contributed by atoms with van der Waals surface area (Å²) in [5.41, 5.74) is 1.33. The second kappa shape index (κ2) is 11.2. The molecule has 1 fully saturated rings. The standard InChI is InChI=1S/C23H25ClFN3O2S/c24-19-14-18(10-11-20(19)25)26-22(30)16-7-4-8-17(13-16)27-23(31)28-21(29)12-9-15-5-2-1-3-6-15/h4,7-8,10-11,13-15H,1-3,5-6,9,12H2,(H,26,30)(H2,27,28,29,31). The number of nitrogens with one attached hydrogen (secondary N) is 3. The lowest BCUT2D eigenvalue weighted by atomic mass is 9.86. The highest BCUT2D eigenvalue weighted by Crippen LogP contribution is 2.27. The van der Waals surface area contributed by atoms with E-state index in [1.54, 1.807) is 24.3 Å². The van der Waals surface area contributed by atoms with Crippen LogP contribution < -0.4 is 16.0 Å². The second-order valence-corrected chi connectivity index (χ2v) is 8.52. The second-order valence-electron chi connectivity index (χ2n) is 7.71. The molecule has 3 rings (SSSR count). The molecule has 3 N–H and O–H groups in total. The smallest absolute Gasteiger partial charge is 0.255 e. The average Bonchev–Trinajstić information content (AvgIpc) is 2.75. The van der Waals surface area contributed by atoms with Crippen LogP contribution in [0, 0.1) is 11.7 Å². The Bertz CT molecular complexity index is 964. The van der Waals surface area contributed by atoms with Crippen LogP contribution in [0.15, 0.2) is 42.5 Å². The van der Waals surface area contributed by atoms with E-state index in [2.05, 4.69) is 16.0 Å². The van der Waals surface area contributed by atoms with Gasteiger partial charge in [0.15, 0.2) is 5.11 Å². The fraction of sp³-hybridized carbons (Fsp3) is 0.348. The normalized spacial score (nSPS) is 14.0. The van der Waals surface area contributed by atoms with E-state index in [1.807, 2.05) is 0 Å². The number of hydrogen-bond acceptors (Lipinski definition) is 3. The third kappa shape index (κ3) is 7.29. The Morgan fingerprint density at radius 3 is 2.52 bits per heavy atom. The Kier molecular flexibility index (Phi) is 8.37. The number of amides is 2. The molecule has 0 heterocycles. The van der Waals surface area contributed by atoms with Gasteiger partial charge in [0, 0.05) is 23.4 Å². The van der Waals surface area contributed by atoms with E-state index in [4.69, 9.17) is 23.8 Å². The Morgan fingerprint density at radius 2 is 1.77 bits per heavy atom. The topological polar surface area (TPSA) is 70.2 Å². The van der Waals surface area contributed by atoms with Gasteiger partial charge in [0.05, 0.1) is 5.02 Å². The average molecular weight is 462 g/mol. The van der Waals surface area contributed by atoms with Crippen LogP contribution in [0.2, 0.25) is 5.02 Å².